The van der Waals surface area contributed by atoms with Crippen LogP contribution in [0.3, 0.4) is 0 Å². The molecule has 4 heteroatoms. The lowest BCUT2D eigenvalue weighted by Crippen LogP contribution is -2.11. The van der Waals surface area contributed by atoms with Crippen molar-refractivity contribution in [3.63, 3.8) is 0 Å². The Labute approximate surface area is 103 Å². The number of furan rings is 1. The molecule has 0 aliphatic rings. The molecule has 0 aliphatic heterocycles. The van der Waals surface area contributed by atoms with Gasteiger partial charge in [0.15, 0.2) is 5.76 Å². The first-order valence-electron chi connectivity index (χ1n) is 5.53. The molecule has 0 bridgehead atoms. The first-order valence-corrected chi connectivity index (χ1v) is 5.53. The maximum atomic E-state index is 11.9. The number of carbonyl (C=O) groups excluding carboxylic acids is 1. The summed E-state index contributed by atoms with van der Waals surface area (Å²) in [6.07, 6.45) is 3.19. The maximum absolute atomic E-state index is 11.9. The number of carbonyl (C=O) groups is 1. The highest BCUT2D eigenvalue weighted by molar-refractivity contribution is 6.07. The van der Waals surface area contributed by atoms with Crippen molar-refractivity contribution in [2.24, 2.45) is 0 Å². The lowest BCUT2D eigenvalue weighted by atomic mass is 10.2. The van der Waals surface area contributed by atoms with Crippen molar-refractivity contribution in [1.82, 2.24) is 4.98 Å². The van der Waals surface area contributed by atoms with Gasteiger partial charge in [0, 0.05) is 11.6 Å². The van der Waals surface area contributed by atoms with E-state index in [1.807, 2.05) is 30.3 Å². The molecule has 0 atom stereocenters. The van der Waals surface area contributed by atoms with Crippen molar-refractivity contribution in [3.05, 3.63) is 60.7 Å². The van der Waals surface area contributed by atoms with Crippen LogP contribution < -0.4 is 5.32 Å². The highest BCUT2D eigenvalue weighted by atomic mass is 16.3. The van der Waals surface area contributed by atoms with Crippen molar-refractivity contribution >= 4 is 22.5 Å². The van der Waals surface area contributed by atoms with Crippen LogP contribution in [0.25, 0.3) is 10.9 Å². The average Bonchev–Trinajstić information content (AvgIpc) is 2.93. The van der Waals surface area contributed by atoms with Crippen LogP contribution in [0.1, 0.15) is 10.6 Å². The third kappa shape index (κ3) is 1.84. The van der Waals surface area contributed by atoms with E-state index in [-0.39, 0.29) is 11.7 Å². The van der Waals surface area contributed by atoms with Gasteiger partial charge in [-0.2, -0.15) is 0 Å². The molecule has 0 fully saturated rings. The van der Waals surface area contributed by atoms with Gasteiger partial charge in [-0.15, -0.1) is 0 Å². The van der Waals surface area contributed by atoms with E-state index in [4.69, 9.17) is 4.42 Å². The van der Waals surface area contributed by atoms with Gasteiger partial charge in [0.1, 0.15) is 0 Å². The SMILES string of the molecule is O=C(Nc1cccc2ncccc12)c1ccco1. The second-order valence-electron chi connectivity index (χ2n) is 3.81. The zero-order valence-electron chi connectivity index (χ0n) is 9.46. The number of anilines is 1. The second-order valence-corrected chi connectivity index (χ2v) is 3.81. The minimum atomic E-state index is -0.267. The summed E-state index contributed by atoms with van der Waals surface area (Å²) in [6, 6.07) is 12.7. The molecule has 1 N–H and O–H groups in total. The molecule has 1 amide bonds. The topological polar surface area (TPSA) is 55.1 Å². The number of nitrogens with one attached hydrogen (secondary N) is 1. The number of nitrogens with zero attached hydrogens (tertiary/aromatic N) is 1. The molecule has 4 nitrogen and oxygen atoms in total. The minimum Gasteiger partial charge on any atom is -0.459 e. The van der Waals surface area contributed by atoms with Gasteiger partial charge >= 0.3 is 0 Å². The molecule has 3 rings (SSSR count). The van der Waals surface area contributed by atoms with Crippen LogP contribution in [0.15, 0.2) is 59.3 Å². The summed E-state index contributed by atoms with van der Waals surface area (Å²) in [6.45, 7) is 0. The minimum absolute atomic E-state index is 0.267. The molecule has 0 saturated carbocycles. The smallest absolute Gasteiger partial charge is 0.291 e. The quantitative estimate of drug-likeness (QED) is 0.746. The zero-order valence-corrected chi connectivity index (χ0v) is 9.46. The molecule has 0 spiro atoms. The Balaban J connectivity index is 1.98. The summed E-state index contributed by atoms with van der Waals surface area (Å²) in [5.41, 5.74) is 1.57. The Morgan fingerprint density at radius 3 is 2.89 bits per heavy atom. The van der Waals surface area contributed by atoms with E-state index in [1.165, 1.54) is 6.26 Å². The molecule has 0 radical (unpaired) electrons. The third-order valence-corrected chi connectivity index (χ3v) is 2.64. The fraction of sp³-hybridized carbons (Fsp3) is 0. The van der Waals surface area contributed by atoms with E-state index in [9.17, 15) is 4.79 Å². The van der Waals surface area contributed by atoms with Gasteiger partial charge in [-0.3, -0.25) is 9.78 Å². The summed E-state index contributed by atoms with van der Waals surface area (Å²) in [5, 5.41) is 3.72. The molecule has 88 valence electrons. The zero-order chi connectivity index (χ0) is 12.4. The number of benzene rings is 1. The summed E-state index contributed by atoms with van der Waals surface area (Å²) in [5.74, 6) is 0.0206. The largest absolute Gasteiger partial charge is 0.459 e. The molecule has 3 aromatic rings. The van der Waals surface area contributed by atoms with E-state index in [1.54, 1.807) is 18.3 Å². The molecule has 0 aliphatic carbocycles. The van der Waals surface area contributed by atoms with Gasteiger partial charge in [0.25, 0.3) is 5.91 Å². The predicted molar refractivity (Wildman–Crippen MR) is 68.4 cm³/mol. The Morgan fingerprint density at radius 2 is 2.06 bits per heavy atom. The van der Waals surface area contributed by atoms with Crippen LogP contribution >= 0.6 is 0 Å². The molecule has 18 heavy (non-hydrogen) atoms. The molecule has 0 saturated heterocycles. The number of rotatable bonds is 2. The fourth-order valence-corrected chi connectivity index (χ4v) is 1.80. The van der Waals surface area contributed by atoms with Gasteiger partial charge in [0.2, 0.25) is 0 Å². The molecular formula is C14H10N2O2. The van der Waals surface area contributed by atoms with Gasteiger partial charge in [-0.1, -0.05) is 6.07 Å². The second kappa shape index (κ2) is 4.33. The average molecular weight is 238 g/mol. The third-order valence-electron chi connectivity index (χ3n) is 2.64. The van der Waals surface area contributed by atoms with Crippen LogP contribution in [-0.2, 0) is 0 Å². The number of hydrogen-bond acceptors (Lipinski definition) is 3. The Hall–Kier alpha value is -2.62. The molecule has 2 aromatic heterocycles. The monoisotopic (exact) mass is 238 g/mol. The van der Waals surface area contributed by atoms with Crippen molar-refractivity contribution in [2.45, 2.75) is 0 Å². The molecule has 1 aromatic carbocycles. The van der Waals surface area contributed by atoms with Gasteiger partial charge in [-0.05, 0) is 36.4 Å². The Morgan fingerprint density at radius 1 is 1.11 bits per heavy atom. The van der Waals surface area contributed by atoms with E-state index in [0.717, 1.165) is 16.6 Å². The Kier molecular flexibility index (Phi) is 2.53. The van der Waals surface area contributed by atoms with E-state index >= 15 is 0 Å². The standard InChI is InChI=1S/C14H10N2O2/c17-14(13-7-3-9-18-13)16-12-6-1-5-11-10(12)4-2-8-15-11/h1-9H,(H,16,17). The lowest BCUT2D eigenvalue weighted by molar-refractivity contribution is 0.0997. The summed E-state index contributed by atoms with van der Waals surface area (Å²) < 4.78 is 5.05. The van der Waals surface area contributed by atoms with Gasteiger partial charge < -0.3 is 9.73 Å². The summed E-state index contributed by atoms with van der Waals surface area (Å²) in [7, 11) is 0. The molecule has 0 unspecified atom stereocenters. The van der Waals surface area contributed by atoms with Crippen LogP contribution in [0.5, 0.6) is 0 Å². The first-order chi connectivity index (χ1) is 8.84. The van der Waals surface area contributed by atoms with Crippen molar-refractivity contribution in [2.75, 3.05) is 5.32 Å². The van der Waals surface area contributed by atoms with Crippen molar-refractivity contribution in [1.29, 1.82) is 0 Å². The fourth-order valence-electron chi connectivity index (χ4n) is 1.80. The van der Waals surface area contributed by atoms with Gasteiger partial charge in [0.05, 0.1) is 17.5 Å². The normalized spacial score (nSPS) is 10.4. The highest BCUT2D eigenvalue weighted by Crippen LogP contribution is 2.21. The van der Waals surface area contributed by atoms with Crippen molar-refractivity contribution in [3.8, 4) is 0 Å². The number of hydrogen-bond donors (Lipinski definition) is 1. The predicted octanol–water partition coefficient (Wildman–Crippen LogP) is 3.08. The van der Waals surface area contributed by atoms with Crippen LogP contribution in [0.2, 0.25) is 0 Å². The Bertz CT molecular complexity index is 685. The number of fused-ring (bicyclic) bond motifs is 1. The van der Waals surface area contributed by atoms with Gasteiger partial charge in [-0.25, -0.2) is 0 Å². The van der Waals surface area contributed by atoms with E-state index in [0.29, 0.717) is 0 Å². The highest BCUT2D eigenvalue weighted by Gasteiger charge is 2.10. The lowest BCUT2D eigenvalue weighted by Gasteiger charge is -2.06. The molecular weight excluding hydrogens is 228 g/mol. The van der Waals surface area contributed by atoms with Crippen molar-refractivity contribution < 1.29 is 9.21 Å². The maximum Gasteiger partial charge on any atom is 0.291 e. The number of amides is 1. The summed E-state index contributed by atoms with van der Waals surface area (Å²) >= 11 is 0. The van der Waals surface area contributed by atoms with E-state index < -0.39 is 0 Å². The summed E-state index contributed by atoms with van der Waals surface area (Å²) in [4.78, 5) is 16.1. The first kappa shape index (κ1) is 10.5. The van der Waals surface area contributed by atoms with Crippen LogP contribution in [0, 0.1) is 0 Å². The van der Waals surface area contributed by atoms with Crippen LogP contribution in [0.4, 0.5) is 5.69 Å². The van der Waals surface area contributed by atoms with E-state index in [2.05, 4.69) is 10.3 Å². The van der Waals surface area contributed by atoms with Crippen LogP contribution in [-0.4, -0.2) is 10.9 Å². The molecule has 2 heterocycles. The number of pyridine rings is 1. The number of aromatic nitrogens is 1.